The molecule has 1 amide bonds. The van der Waals surface area contributed by atoms with Crippen molar-refractivity contribution in [2.24, 2.45) is 0 Å². The van der Waals surface area contributed by atoms with E-state index in [4.69, 9.17) is 4.74 Å². The summed E-state index contributed by atoms with van der Waals surface area (Å²) in [5.74, 6) is -0.813. The average molecular weight is 448 g/mol. The number of benzene rings is 2. The molecule has 164 valence electrons. The molecule has 32 heavy (non-hydrogen) atoms. The first kappa shape index (κ1) is 21.8. The van der Waals surface area contributed by atoms with Crippen molar-refractivity contribution in [3.63, 3.8) is 0 Å². The minimum absolute atomic E-state index is 0.0255. The van der Waals surface area contributed by atoms with E-state index in [-0.39, 0.29) is 17.5 Å². The number of ketones is 1. The molecule has 0 bridgehead atoms. The van der Waals surface area contributed by atoms with Gasteiger partial charge in [-0.25, -0.2) is 0 Å². The summed E-state index contributed by atoms with van der Waals surface area (Å²) in [6, 6.07) is 15.7. The van der Waals surface area contributed by atoms with Gasteiger partial charge in [-0.3, -0.25) is 14.5 Å². The zero-order valence-electron chi connectivity index (χ0n) is 18.5. The summed E-state index contributed by atoms with van der Waals surface area (Å²) >= 11 is 1.28. The number of aliphatic hydroxyl groups is 1. The van der Waals surface area contributed by atoms with E-state index in [0.29, 0.717) is 21.9 Å². The topological polar surface area (TPSA) is 66.8 Å². The SMILES string of the molecule is Cc1ccc(N2C(=O)C(O)=C(C(=O)c3cccs3)C2c2cccc(OC(C)C)c2)cc1C. The molecular weight excluding hydrogens is 422 g/mol. The number of rotatable bonds is 6. The molecule has 1 aliphatic rings. The number of aryl methyl sites for hydroxylation is 2. The van der Waals surface area contributed by atoms with Crippen LogP contribution in [0.4, 0.5) is 5.69 Å². The van der Waals surface area contributed by atoms with Gasteiger partial charge in [0.05, 0.1) is 22.6 Å². The second-order valence-electron chi connectivity index (χ2n) is 8.15. The highest BCUT2D eigenvalue weighted by atomic mass is 32.1. The molecule has 2 heterocycles. The van der Waals surface area contributed by atoms with Crippen molar-refractivity contribution in [2.45, 2.75) is 39.8 Å². The maximum absolute atomic E-state index is 13.4. The van der Waals surface area contributed by atoms with Crippen LogP contribution in [0, 0.1) is 13.8 Å². The van der Waals surface area contributed by atoms with E-state index in [0.717, 1.165) is 11.1 Å². The number of anilines is 1. The molecule has 5 nitrogen and oxygen atoms in total. The largest absolute Gasteiger partial charge is 0.503 e. The third-order valence-corrected chi connectivity index (χ3v) is 6.38. The Morgan fingerprint density at radius 3 is 2.50 bits per heavy atom. The fraction of sp³-hybridized carbons (Fsp3) is 0.231. The zero-order chi connectivity index (χ0) is 23.0. The van der Waals surface area contributed by atoms with Gasteiger partial charge in [0.25, 0.3) is 5.91 Å². The third kappa shape index (κ3) is 3.94. The number of ether oxygens (including phenoxy) is 1. The number of hydrogen-bond acceptors (Lipinski definition) is 5. The molecule has 0 fully saturated rings. The normalized spacial score (nSPS) is 16.2. The lowest BCUT2D eigenvalue weighted by Gasteiger charge is -2.28. The Morgan fingerprint density at radius 1 is 1.06 bits per heavy atom. The van der Waals surface area contributed by atoms with Crippen LogP contribution in [0.3, 0.4) is 0 Å². The van der Waals surface area contributed by atoms with Crippen molar-refractivity contribution in [1.29, 1.82) is 0 Å². The Morgan fingerprint density at radius 2 is 1.84 bits per heavy atom. The van der Waals surface area contributed by atoms with Crippen molar-refractivity contribution in [2.75, 3.05) is 4.90 Å². The monoisotopic (exact) mass is 447 g/mol. The van der Waals surface area contributed by atoms with Crippen LogP contribution in [-0.2, 0) is 4.79 Å². The minimum Gasteiger partial charge on any atom is -0.503 e. The van der Waals surface area contributed by atoms with Crippen molar-refractivity contribution < 1.29 is 19.4 Å². The molecule has 1 unspecified atom stereocenters. The van der Waals surface area contributed by atoms with E-state index < -0.39 is 17.7 Å². The molecule has 1 aliphatic heterocycles. The van der Waals surface area contributed by atoms with Gasteiger partial charge >= 0.3 is 0 Å². The molecule has 0 saturated heterocycles. The number of carbonyl (C=O) groups excluding carboxylic acids is 2. The lowest BCUT2D eigenvalue weighted by Crippen LogP contribution is -2.31. The summed E-state index contributed by atoms with van der Waals surface area (Å²) in [7, 11) is 0. The van der Waals surface area contributed by atoms with Crippen molar-refractivity contribution in [3.8, 4) is 5.75 Å². The molecule has 0 radical (unpaired) electrons. The van der Waals surface area contributed by atoms with Gasteiger partial charge in [-0.15, -0.1) is 11.3 Å². The molecule has 0 spiro atoms. The van der Waals surface area contributed by atoms with Gasteiger partial charge < -0.3 is 9.84 Å². The van der Waals surface area contributed by atoms with Crippen LogP contribution in [-0.4, -0.2) is 22.9 Å². The first-order valence-corrected chi connectivity index (χ1v) is 11.3. The van der Waals surface area contributed by atoms with E-state index in [1.807, 2.05) is 70.2 Å². The highest BCUT2D eigenvalue weighted by molar-refractivity contribution is 7.12. The van der Waals surface area contributed by atoms with Crippen LogP contribution in [0.5, 0.6) is 5.75 Å². The van der Waals surface area contributed by atoms with Crippen LogP contribution >= 0.6 is 11.3 Å². The predicted molar refractivity (Wildman–Crippen MR) is 127 cm³/mol. The quantitative estimate of drug-likeness (QED) is 0.475. The molecule has 1 N–H and O–H groups in total. The number of thiophene rings is 1. The maximum atomic E-state index is 13.4. The molecule has 4 rings (SSSR count). The Hall–Kier alpha value is -3.38. The second kappa shape index (κ2) is 8.63. The van der Waals surface area contributed by atoms with Crippen molar-refractivity contribution in [3.05, 3.63) is 92.9 Å². The summed E-state index contributed by atoms with van der Waals surface area (Å²) in [6.07, 6.45) is -0.0255. The number of amides is 1. The van der Waals surface area contributed by atoms with Crippen LogP contribution in [0.1, 0.15) is 46.3 Å². The first-order chi connectivity index (χ1) is 15.3. The van der Waals surface area contributed by atoms with Gasteiger partial charge in [0, 0.05) is 5.69 Å². The van der Waals surface area contributed by atoms with E-state index >= 15 is 0 Å². The molecule has 3 aromatic rings. The van der Waals surface area contributed by atoms with E-state index in [1.165, 1.54) is 16.2 Å². The van der Waals surface area contributed by atoms with Gasteiger partial charge in [0.2, 0.25) is 5.78 Å². The molecule has 0 saturated carbocycles. The highest BCUT2D eigenvalue weighted by Crippen LogP contribution is 2.43. The Kier molecular flexibility index (Phi) is 5.89. The average Bonchev–Trinajstić information content (AvgIpc) is 3.37. The fourth-order valence-corrected chi connectivity index (χ4v) is 4.54. The minimum atomic E-state index is -0.769. The van der Waals surface area contributed by atoms with Gasteiger partial charge in [-0.2, -0.15) is 0 Å². The number of hydrogen-bond donors (Lipinski definition) is 1. The van der Waals surface area contributed by atoms with Gasteiger partial charge in [-0.1, -0.05) is 24.3 Å². The van der Waals surface area contributed by atoms with Crippen LogP contribution in [0.15, 0.2) is 71.3 Å². The smallest absolute Gasteiger partial charge is 0.294 e. The summed E-state index contributed by atoms with van der Waals surface area (Å²) < 4.78 is 5.85. The molecule has 0 aliphatic carbocycles. The lowest BCUT2D eigenvalue weighted by molar-refractivity contribution is -0.117. The lowest BCUT2D eigenvalue weighted by atomic mass is 9.94. The Labute approximate surface area is 191 Å². The summed E-state index contributed by atoms with van der Waals surface area (Å²) in [6.45, 7) is 7.84. The Bertz CT molecular complexity index is 1210. The number of nitrogens with zero attached hydrogens (tertiary/aromatic N) is 1. The molecule has 1 atom stereocenters. The van der Waals surface area contributed by atoms with Gasteiger partial charge in [-0.05, 0) is 80.1 Å². The maximum Gasteiger partial charge on any atom is 0.294 e. The summed E-state index contributed by atoms with van der Waals surface area (Å²) in [5.41, 5.74) is 3.51. The van der Waals surface area contributed by atoms with E-state index in [2.05, 4.69) is 0 Å². The highest BCUT2D eigenvalue weighted by Gasteiger charge is 2.45. The first-order valence-electron chi connectivity index (χ1n) is 10.5. The zero-order valence-corrected chi connectivity index (χ0v) is 19.3. The van der Waals surface area contributed by atoms with Crippen LogP contribution in [0.25, 0.3) is 0 Å². The fourth-order valence-electron chi connectivity index (χ4n) is 3.86. The van der Waals surface area contributed by atoms with Crippen LogP contribution < -0.4 is 9.64 Å². The second-order valence-corrected chi connectivity index (χ2v) is 9.10. The standard InChI is InChI=1S/C26H25NO4S/c1-15(2)31-20-8-5-7-18(14-20)23-22(24(28)21-9-6-12-32-21)25(29)26(30)27(23)19-11-10-16(3)17(4)13-19/h5-15,23,29H,1-4H3. The number of aliphatic hydroxyl groups excluding tert-OH is 1. The molecular formula is C26H25NO4S. The van der Waals surface area contributed by atoms with Gasteiger partial charge in [0.1, 0.15) is 5.75 Å². The van der Waals surface area contributed by atoms with Crippen LogP contribution in [0.2, 0.25) is 0 Å². The summed E-state index contributed by atoms with van der Waals surface area (Å²) in [5, 5.41) is 12.7. The summed E-state index contributed by atoms with van der Waals surface area (Å²) in [4.78, 5) is 28.6. The van der Waals surface area contributed by atoms with Gasteiger partial charge in [0.15, 0.2) is 5.76 Å². The Balaban J connectivity index is 1.88. The molecule has 1 aromatic heterocycles. The van der Waals surface area contributed by atoms with E-state index in [9.17, 15) is 14.7 Å². The predicted octanol–water partition coefficient (Wildman–Crippen LogP) is 5.94. The number of carbonyl (C=O) groups is 2. The number of Topliss-reactive ketones (excluding diaryl/α,β-unsaturated/α-hetero) is 1. The van der Waals surface area contributed by atoms with E-state index in [1.54, 1.807) is 17.5 Å². The third-order valence-electron chi connectivity index (χ3n) is 5.51. The molecule has 2 aromatic carbocycles. The van der Waals surface area contributed by atoms with Crippen molar-refractivity contribution in [1.82, 2.24) is 0 Å². The molecule has 6 heteroatoms. The van der Waals surface area contributed by atoms with Crippen molar-refractivity contribution >= 4 is 28.7 Å².